The predicted molar refractivity (Wildman–Crippen MR) is 98.2 cm³/mol. The number of carbonyl (C=O) groups excluding carboxylic acids is 2. The number of nitrogens with zero attached hydrogens (tertiary/aromatic N) is 1. The number of carbonyl (C=O) groups is 2. The fourth-order valence-corrected chi connectivity index (χ4v) is 3.00. The third kappa shape index (κ3) is 3.44. The number of methoxy groups -OCH3 is 1. The Morgan fingerprint density at radius 1 is 1.27 bits per heavy atom. The smallest absolute Gasteiger partial charge is 0.258 e. The second-order valence-corrected chi connectivity index (χ2v) is 5.95. The summed E-state index contributed by atoms with van der Waals surface area (Å²) >= 11 is 0. The molecule has 0 saturated heterocycles. The average molecular weight is 354 g/mol. The van der Waals surface area contributed by atoms with Crippen LogP contribution in [0.1, 0.15) is 22.3 Å². The molecule has 0 radical (unpaired) electrons. The molecule has 0 saturated carbocycles. The topological polar surface area (TPSA) is 58.6 Å². The number of nitrogens with one attached hydrogen (secondary N) is 1. The monoisotopic (exact) mass is 354 g/mol. The number of rotatable bonds is 4. The van der Waals surface area contributed by atoms with Gasteiger partial charge in [-0.1, -0.05) is 6.58 Å². The van der Waals surface area contributed by atoms with Gasteiger partial charge in [0.05, 0.1) is 12.8 Å². The van der Waals surface area contributed by atoms with Crippen LogP contribution in [-0.2, 0) is 11.2 Å². The molecule has 6 heteroatoms. The fourth-order valence-electron chi connectivity index (χ4n) is 3.00. The van der Waals surface area contributed by atoms with Crippen molar-refractivity contribution in [1.82, 2.24) is 0 Å². The van der Waals surface area contributed by atoms with Crippen LogP contribution in [0, 0.1) is 5.82 Å². The zero-order valence-corrected chi connectivity index (χ0v) is 14.4. The number of anilines is 2. The highest BCUT2D eigenvalue weighted by Crippen LogP contribution is 2.33. The van der Waals surface area contributed by atoms with Gasteiger partial charge >= 0.3 is 0 Å². The van der Waals surface area contributed by atoms with Crippen LogP contribution in [0.3, 0.4) is 0 Å². The maximum atomic E-state index is 14.1. The van der Waals surface area contributed by atoms with Crippen molar-refractivity contribution in [3.05, 3.63) is 66.0 Å². The lowest BCUT2D eigenvalue weighted by Crippen LogP contribution is -2.35. The van der Waals surface area contributed by atoms with Crippen molar-refractivity contribution in [3.63, 3.8) is 0 Å². The van der Waals surface area contributed by atoms with E-state index in [-0.39, 0.29) is 17.6 Å². The molecule has 134 valence electrons. The molecule has 0 aliphatic carbocycles. The van der Waals surface area contributed by atoms with E-state index in [0.29, 0.717) is 23.5 Å². The van der Waals surface area contributed by atoms with Crippen LogP contribution in [-0.4, -0.2) is 25.5 Å². The van der Waals surface area contributed by atoms with Crippen molar-refractivity contribution in [2.24, 2.45) is 0 Å². The Morgan fingerprint density at radius 2 is 2.00 bits per heavy atom. The van der Waals surface area contributed by atoms with Gasteiger partial charge in [0.1, 0.15) is 0 Å². The van der Waals surface area contributed by atoms with Crippen molar-refractivity contribution < 1.29 is 18.7 Å². The molecule has 1 aliphatic rings. The first-order chi connectivity index (χ1) is 12.5. The lowest BCUT2D eigenvalue weighted by Gasteiger charge is -2.30. The molecule has 5 nitrogen and oxygen atoms in total. The van der Waals surface area contributed by atoms with E-state index in [0.717, 1.165) is 18.4 Å². The minimum atomic E-state index is -0.492. The van der Waals surface area contributed by atoms with Crippen LogP contribution >= 0.6 is 0 Å². The van der Waals surface area contributed by atoms with Crippen molar-refractivity contribution in [2.45, 2.75) is 12.8 Å². The number of amides is 2. The molecule has 0 fully saturated rings. The van der Waals surface area contributed by atoms with E-state index in [1.165, 1.54) is 19.3 Å². The minimum Gasteiger partial charge on any atom is -0.494 e. The van der Waals surface area contributed by atoms with Crippen molar-refractivity contribution in [2.75, 3.05) is 23.9 Å². The summed E-state index contributed by atoms with van der Waals surface area (Å²) in [5.74, 6) is -0.843. The lowest BCUT2D eigenvalue weighted by atomic mass is 10.00. The molecule has 1 N–H and O–H groups in total. The van der Waals surface area contributed by atoms with Gasteiger partial charge in [-0.05, 0) is 54.8 Å². The summed E-state index contributed by atoms with van der Waals surface area (Å²) in [4.78, 5) is 25.8. The first-order valence-electron chi connectivity index (χ1n) is 8.25. The van der Waals surface area contributed by atoms with Gasteiger partial charge in [0.25, 0.3) is 5.91 Å². The van der Waals surface area contributed by atoms with Gasteiger partial charge in [0, 0.05) is 23.9 Å². The molecule has 0 aromatic heterocycles. The zero-order chi connectivity index (χ0) is 18.7. The molecule has 1 aliphatic heterocycles. The van der Waals surface area contributed by atoms with E-state index in [4.69, 9.17) is 4.74 Å². The Kier molecular flexibility index (Phi) is 5.02. The summed E-state index contributed by atoms with van der Waals surface area (Å²) in [7, 11) is 1.42. The van der Waals surface area contributed by atoms with Crippen molar-refractivity contribution in [1.29, 1.82) is 0 Å². The SMILES string of the molecule is C=CC(=O)Nc1ccc(C(=O)N2CCCc3cc(OC)c(F)cc32)cc1. The van der Waals surface area contributed by atoms with Crippen molar-refractivity contribution >= 4 is 23.2 Å². The highest BCUT2D eigenvalue weighted by atomic mass is 19.1. The quantitative estimate of drug-likeness (QED) is 0.854. The zero-order valence-electron chi connectivity index (χ0n) is 14.4. The molecule has 2 amide bonds. The van der Waals surface area contributed by atoms with Gasteiger partial charge in [0.15, 0.2) is 11.6 Å². The molecule has 0 spiro atoms. The number of benzene rings is 2. The van der Waals surface area contributed by atoms with Crippen molar-refractivity contribution in [3.8, 4) is 5.75 Å². The Balaban J connectivity index is 1.86. The number of halogens is 1. The molecule has 0 unspecified atom stereocenters. The Morgan fingerprint density at radius 3 is 2.65 bits per heavy atom. The summed E-state index contributed by atoms with van der Waals surface area (Å²) in [5, 5.41) is 2.63. The number of fused-ring (bicyclic) bond motifs is 1. The van der Waals surface area contributed by atoms with Gasteiger partial charge in [0.2, 0.25) is 5.91 Å². The minimum absolute atomic E-state index is 0.181. The highest BCUT2D eigenvalue weighted by molar-refractivity contribution is 6.07. The molecule has 1 heterocycles. The van der Waals surface area contributed by atoms with Crippen LogP contribution in [0.5, 0.6) is 5.75 Å². The van der Waals surface area contributed by atoms with E-state index >= 15 is 0 Å². The van der Waals surface area contributed by atoms with Gasteiger partial charge in [-0.25, -0.2) is 4.39 Å². The summed E-state index contributed by atoms with van der Waals surface area (Å²) in [6.07, 6.45) is 2.73. The third-order valence-corrected chi connectivity index (χ3v) is 4.30. The molecule has 2 aromatic carbocycles. The van der Waals surface area contributed by atoms with E-state index in [1.807, 2.05) is 0 Å². The predicted octanol–water partition coefficient (Wildman–Crippen LogP) is 3.55. The Labute approximate surface area is 151 Å². The normalized spacial score (nSPS) is 12.9. The fraction of sp³-hybridized carbons (Fsp3) is 0.200. The van der Waals surface area contributed by atoms with Gasteiger partial charge in [-0.15, -0.1) is 0 Å². The van der Waals surface area contributed by atoms with Gasteiger partial charge < -0.3 is 15.0 Å². The van der Waals surface area contributed by atoms with E-state index in [2.05, 4.69) is 11.9 Å². The largest absolute Gasteiger partial charge is 0.494 e. The first kappa shape index (κ1) is 17.7. The summed E-state index contributed by atoms with van der Waals surface area (Å²) in [6, 6.07) is 9.56. The average Bonchev–Trinajstić information content (AvgIpc) is 2.67. The molecule has 26 heavy (non-hydrogen) atoms. The molecular formula is C20H19FN2O3. The second kappa shape index (κ2) is 7.39. The molecule has 3 rings (SSSR count). The maximum absolute atomic E-state index is 14.1. The summed E-state index contributed by atoms with van der Waals surface area (Å²) in [5.41, 5.74) is 2.49. The van der Waals surface area contributed by atoms with E-state index in [9.17, 15) is 14.0 Å². The number of hydrogen-bond acceptors (Lipinski definition) is 3. The highest BCUT2D eigenvalue weighted by Gasteiger charge is 2.25. The van der Waals surface area contributed by atoms with Crippen LogP contribution in [0.2, 0.25) is 0 Å². The third-order valence-electron chi connectivity index (χ3n) is 4.30. The molecule has 2 aromatic rings. The Bertz CT molecular complexity index is 862. The first-order valence-corrected chi connectivity index (χ1v) is 8.25. The van der Waals surface area contributed by atoms with Gasteiger partial charge in [-0.3, -0.25) is 9.59 Å². The summed E-state index contributed by atoms with van der Waals surface area (Å²) in [6.45, 7) is 3.91. The van der Waals surface area contributed by atoms with Crippen LogP contribution < -0.4 is 15.0 Å². The maximum Gasteiger partial charge on any atom is 0.258 e. The van der Waals surface area contributed by atoms with Crippen LogP contribution in [0.25, 0.3) is 0 Å². The van der Waals surface area contributed by atoms with Crippen LogP contribution in [0.15, 0.2) is 49.1 Å². The number of hydrogen-bond donors (Lipinski definition) is 1. The molecule has 0 bridgehead atoms. The summed E-state index contributed by atoms with van der Waals surface area (Å²) < 4.78 is 19.1. The van der Waals surface area contributed by atoms with Crippen LogP contribution in [0.4, 0.5) is 15.8 Å². The lowest BCUT2D eigenvalue weighted by molar-refractivity contribution is -0.111. The van der Waals surface area contributed by atoms with E-state index < -0.39 is 5.82 Å². The molecular weight excluding hydrogens is 335 g/mol. The molecule has 0 atom stereocenters. The van der Waals surface area contributed by atoms with Gasteiger partial charge in [-0.2, -0.15) is 0 Å². The second-order valence-electron chi connectivity index (χ2n) is 5.95. The number of ether oxygens (including phenoxy) is 1. The number of aryl methyl sites for hydroxylation is 1. The van der Waals surface area contributed by atoms with E-state index in [1.54, 1.807) is 35.2 Å². The standard InChI is InChI=1S/C20H19FN2O3/c1-3-19(24)22-15-8-6-13(7-9-15)20(25)23-10-4-5-14-11-18(26-2)16(21)12-17(14)23/h3,6-9,11-12H,1,4-5,10H2,2H3,(H,22,24). The Hall–Kier alpha value is -3.15.